The van der Waals surface area contributed by atoms with E-state index in [4.69, 9.17) is 5.11 Å². The predicted octanol–water partition coefficient (Wildman–Crippen LogP) is 3.07. The second-order valence-electron chi connectivity index (χ2n) is 4.89. The number of rotatable bonds is 7. The number of carbonyl (C=O) groups excluding carboxylic acids is 1. The van der Waals surface area contributed by atoms with Crippen molar-refractivity contribution in [3.63, 3.8) is 0 Å². The number of amides is 2. The van der Waals surface area contributed by atoms with Gasteiger partial charge >= 0.3 is 12.0 Å². The van der Waals surface area contributed by atoms with Crippen molar-refractivity contribution in [2.75, 3.05) is 18.4 Å². The lowest BCUT2D eigenvalue weighted by Crippen LogP contribution is -2.38. The van der Waals surface area contributed by atoms with E-state index in [2.05, 4.69) is 24.1 Å². The molecule has 1 aromatic rings. The first-order chi connectivity index (χ1) is 10.0. The molecule has 21 heavy (non-hydrogen) atoms. The SMILES string of the molecule is CCC(CC)CN(CC)C(=O)Nc1ccc(C(=O)O)nc1. The van der Waals surface area contributed by atoms with Gasteiger partial charge in [0, 0.05) is 13.1 Å². The normalized spacial score (nSPS) is 10.5. The quantitative estimate of drug-likeness (QED) is 0.809. The van der Waals surface area contributed by atoms with Crippen LogP contribution in [0.25, 0.3) is 0 Å². The summed E-state index contributed by atoms with van der Waals surface area (Å²) in [6.07, 6.45) is 3.43. The fourth-order valence-electron chi connectivity index (χ4n) is 2.01. The average Bonchev–Trinajstić information content (AvgIpc) is 2.49. The summed E-state index contributed by atoms with van der Waals surface area (Å²) in [4.78, 5) is 28.4. The average molecular weight is 293 g/mol. The Morgan fingerprint density at radius 3 is 2.38 bits per heavy atom. The van der Waals surface area contributed by atoms with Gasteiger partial charge in [0.15, 0.2) is 0 Å². The lowest BCUT2D eigenvalue weighted by atomic mass is 10.0. The predicted molar refractivity (Wildman–Crippen MR) is 81.5 cm³/mol. The highest BCUT2D eigenvalue weighted by atomic mass is 16.4. The van der Waals surface area contributed by atoms with Crippen LogP contribution in [0.15, 0.2) is 18.3 Å². The zero-order chi connectivity index (χ0) is 15.8. The van der Waals surface area contributed by atoms with Gasteiger partial charge in [0.1, 0.15) is 5.69 Å². The summed E-state index contributed by atoms with van der Waals surface area (Å²) in [6.45, 7) is 7.52. The monoisotopic (exact) mass is 293 g/mol. The number of hydrogen-bond donors (Lipinski definition) is 2. The maximum atomic E-state index is 12.2. The van der Waals surface area contributed by atoms with E-state index in [9.17, 15) is 9.59 Å². The highest BCUT2D eigenvalue weighted by Crippen LogP contribution is 2.12. The largest absolute Gasteiger partial charge is 0.477 e. The van der Waals surface area contributed by atoms with Crippen molar-refractivity contribution in [1.82, 2.24) is 9.88 Å². The van der Waals surface area contributed by atoms with Crippen LogP contribution in [0.1, 0.15) is 44.1 Å². The van der Waals surface area contributed by atoms with Gasteiger partial charge in [-0.05, 0) is 25.0 Å². The summed E-state index contributed by atoms with van der Waals surface area (Å²) in [7, 11) is 0. The fraction of sp³-hybridized carbons (Fsp3) is 0.533. The number of aromatic carboxylic acids is 1. The van der Waals surface area contributed by atoms with Gasteiger partial charge in [-0.2, -0.15) is 0 Å². The number of carboxylic acid groups (broad SMARTS) is 1. The number of anilines is 1. The van der Waals surface area contributed by atoms with Crippen LogP contribution in [0.4, 0.5) is 10.5 Å². The van der Waals surface area contributed by atoms with Crippen molar-refractivity contribution in [2.45, 2.75) is 33.6 Å². The Hall–Kier alpha value is -2.11. The minimum absolute atomic E-state index is 0.0441. The Morgan fingerprint density at radius 2 is 1.95 bits per heavy atom. The number of carbonyl (C=O) groups is 2. The number of hydrogen-bond acceptors (Lipinski definition) is 3. The fourth-order valence-corrected chi connectivity index (χ4v) is 2.01. The van der Waals surface area contributed by atoms with Gasteiger partial charge in [0.25, 0.3) is 0 Å². The summed E-state index contributed by atoms with van der Waals surface area (Å²) in [5.74, 6) is -0.597. The van der Waals surface area contributed by atoms with E-state index < -0.39 is 5.97 Å². The smallest absolute Gasteiger partial charge is 0.354 e. The molecule has 0 atom stereocenters. The molecule has 1 rings (SSSR count). The Labute approximate surface area is 125 Å². The highest BCUT2D eigenvalue weighted by molar-refractivity contribution is 5.90. The summed E-state index contributed by atoms with van der Waals surface area (Å²) in [5.41, 5.74) is 0.449. The van der Waals surface area contributed by atoms with Crippen LogP contribution in [-0.4, -0.2) is 40.1 Å². The van der Waals surface area contributed by atoms with Crippen LogP contribution in [0.3, 0.4) is 0 Å². The number of pyridine rings is 1. The zero-order valence-electron chi connectivity index (χ0n) is 12.8. The number of nitrogens with zero attached hydrogens (tertiary/aromatic N) is 2. The number of urea groups is 1. The van der Waals surface area contributed by atoms with Gasteiger partial charge in [0.05, 0.1) is 11.9 Å². The molecule has 6 heteroatoms. The minimum atomic E-state index is -1.09. The molecule has 0 bridgehead atoms. The molecule has 0 aliphatic carbocycles. The summed E-state index contributed by atoms with van der Waals surface area (Å²) in [6, 6.07) is 2.73. The Balaban J connectivity index is 2.67. The van der Waals surface area contributed by atoms with E-state index in [1.165, 1.54) is 12.3 Å². The molecule has 1 heterocycles. The summed E-state index contributed by atoms with van der Waals surface area (Å²) in [5, 5.41) is 11.5. The molecule has 0 spiro atoms. The van der Waals surface area contributed by atoms with E-state index in [1.807, 2.05) is 6.92 Å². The second-order valence-corrected chi connectivity index (χ2v) is 4.89. The van der Waals surface area contributed by atoms with Crippen LogP contribution in [0, 0.1) is 5.92 Å². The molecule has 2 N–H and O–H groups in total. The molecule has 0 radical (unpaired) electrons. The van der Waals surface area contributed by atoms with Crippen LogP contribution < -0.4 is 5.32 Å². The van der Waals surface area contributed by atoms with E-state index in [0.29, 0.717) is 18.2 Å². The topological polar surface area (TPSA) is 82.5 Å². The number of nitrogens with one attached hydrogen (secondary N) is 1. The van der Waals surface area contributed by atoms with E-state index in [-0.39, 0.29) is 11.7 Å². The van der Waals surface area contributed by atoms with Crippen LogP contribution in [0.2, 0.25) is 0 Å². The number of aromatic nitrogens is 1. The van der Waals surface area contributed by atoms with Gasteiger partial charge < -0.3 is 15.3 Å². The van der Waals surface area contributed by atoms with Gasteiger partial charge in [0.2, 0.25) is 0 Å². The molecule has 0 aliphatic rings. The molecule has 0 aromatic carbocycles. The second kappa shape index (κ2) is 8.24. The zero-order valence-corrected chi connectivity index (χ0v) is 12.8. The third kappa shape index (κ3) is 5.06. The number of carboxylic acids is 1. The van der Waals surface area contributed by atoms with Crippen molar-refractivity contribution in [2.24, 2.45) is 5.92 Å². The molecule has 116 valence electrons. The Bertz CT molecular complexity index is 470. The molecule has 2 amide bonds. The molecule has 0 fully saturated rings. The first kappa shape index (κ1) is 16.9. The maximum absolute atomic E-state index is 12.2. The minimum Gasteiger partial charge on any atom is -0.477 e. The maximum Gasteiger partial charge on any atom is 0.354 e. The van der Waals surface area contributed by atoms with Crippen LogP contribution in [0.5, 0.6) is 0 Å². The summed E-state index contributed by atoms with van der Waals surface area (Å²) >= 11 is 0. The van der Waals surface area contributed by atoms with Crippen molar-refractivity contribution in [3.8, 4) is 0 Å². The summed E-state index contributed by atoms with van der Waals surface area (Å²) < 4.78 is 0. The lowest BCUT2D eigenvalue weighted by Gasteiger charge is -2.25. The molecule has 0 unspecified atom stereocenters. The van der Waals surface area contributed by atoms with Crippen molar-refractivity contribution in [3.05, 3.63) is 24.0 Å². The molecular formula is C15H23N3O3. The van der Waals surface area contributed by atoms with Gasteiger partial charge in [-0.1, -0.05) is 26.7 Å². The molecule has 0 saturated carbocycles. The highest BCUT2D eigenvalue weighted by Gasteiger charge is 2.16. The van der Waals surface area contributed by atoms with E-state index >= 15 is 0 Å². The molecular weight excluding hydrogens is 270 g/mol. The Morgan fingerprint density at radius 1 is 1.29 bits per heavy atom. The Kier molecular flexibility index (Phi) is 6.65. The third-order valence-corrected chi connectivity index (χ3v) is 3.54. The van der Waals surface area contributed by atoms with Crippen LogP contribution in [-0.2, 0) is 0 Å². The first-order valence-corrected chi connectivity index (χ1v) is 7.27. The standard InChI is InChI=1S/C15H23N3O3/c1-4-11(5-2)10-18(6-3)15(21)17-12-7-8-13(14(19)20)16-9-12/h7-9,11H,4-6,10H2,1-3H3,(H,17,21)(H,19,20). The van der Waals surface area contributed by atoms with Gasteiger partial charge in [-0.25, -0.2) is 14.6 Å². The first-order valence-electron chi connectivity index (χ1n) is 7.27. The van der Waals surface area contributed by atoms with Crippen molar-refractivity contribution < 1.29 is 14.7 Å². The van der Waals surface area contributed by atoms with E-state index in [0.717, 1.165) is 19.4 Å². The molecule has 0 saturated heterocycles. The van der Waals surface area contributed by atoms with Gasteiger partial charge in [-0.15, -0.1) is 0 Å². The van der Waals surface area contributed by atoms with E-state index in [1.54, 1.807) is 11.0 Å². The molecule has 0 aliphatic heterocycles. The van der Waals surface area contributed by atoms with Crippen molar-refractivity contribution >= 4 is 17.7 Å². The lowest BCUT2D eigenvalue weighted by molar-refractivity contribution is 0.0690. The molecule has 6 nitrogen and oxygen atoms in total. The molecule has 1 aromatic heterocycles. The third-order valence-electron chi connectivity index (χ3n) is 3.54. The van der Waals surface area contributed by atoms with Gasteiger partial charge in [-0.3, -0.25) is 0 Å². The van der Waals surface area contributed by atoms with Crippen molar-refractivity contribution in [1.29, 1.82) is 0 Å². The van der Waals surface area contributed by atoms with Crippen LogP contribution >= 0.6 is 0 Å².